The van der Waals surface area contributed by atoms with Crippen LogP contribution in [0.2, 0.25) is 0 Å². The molecule has 1 aliphatic heterocycles. The molecule has 0 saturated carbocycles. The van der Waals surface area contributed by atoms with E-state index >= 15 is 0 Å². The van der Waals surface area contributed by atoms with E-state index in [-0.39, 0.29) is 31.0 Å². The second-order valence-corrected chi connectivity index (χ2v) is 8.18. The molecule has 170 valence electrons. The van der Waals surface area contributed by atoms with Gasteiger partial charge in [-0.25, -0.2) is 4.79 Å². The maximum atomic E-state index is 12.6. The van der Waals surface area contributed by atoms with Crippen LogP contribution in [-0.2, 0) is 4.74 Å². The van der Waals surface area contributed by atoms with E-state index in [4.69, 9.17) is 15.2 Å². The topological polar surface area (TPSA) is 136 Å². The highest BCUT2D eigenvalue weighted by Gasteiger charge is 2.55. The summed E-state index contributed by atoms with van der Waals surface area (Å²) in [7, 11) is 1.58. The van der Waals surface area contributed by atoms with Crippen molar-refractivity contribution in [1.82, 2.24) is 4.90 Å². The third kappa shape index (κ3) is 3.22. The number of methoxy groups -OCH3 is 1. The quantitative estimate of drug-likeness (QED) is 0.747. The van der Waals surface area contributed by atoms with Crippen molar-refractivity contribution in [2.45, 2.75) is 12.8 Å². The van der Waals surface area contributed by atoms with Crippen molar-refractivity contribution in [2.24, 2.45) is 17.1 Å². The average Bonchev–Trinajstić information content (AvgIpc) is 2.87. The number of allylic oxidation sites excluding steroid dienone is 2. The molecule has 0 radical (unpaired) electrons. The molecule has 1 amide bonds. The number of fused-ring (bicyclic) bond motifs is 2. The molecule has 8 heteroatoms. The van der Waals surface area contributed by atoms with E-state index in [1.54, 1.807) is 26.2 Å². The first-order valence-electron chi connectivity index (χ1n) is 10.9. The van der Waals surface area contributed by atoms with Gasteiger partial charge >= 0.3 is 6.09 Å². The Kier molecular flexibility index (Phi) is 5.88. The van der Waals surface area contributed by atoms with Crippen molar-refractivity contribution >= 4 is 16.9 Å². The Balaban J connectivity index is 2.02. The normalized spacial score (nSPS) is 20.9. The molecule has 2 atom stereocenters. The molecule has 2 aromatic carbocycles. The van der Waals surface area contributed by atoms with Crippen LogP contribution in [0, 0.1) is 45.3 Å². The van der Waals surface area contributed by atoms with Gasteiger partial charge < -0.3 is 20.1 Å². The highest BCUT2D eigenvalue weighted by Crippen LogP contribution is 2.55. The molecule has 1 heterocycles. The van der Waals surface area contributed by atoms with E-state index in [9.17, 15) is 20.6 Å². The van der Waals surface area contributed by atoms with Gasteiger partial charge in [0.25, 0.3) is 0 Å². The lowest BCUT2D eigenvalue weighted by Crippen LogP contribution is -2.49. The monoisotopic (exact) mass is 453 g/mol. The zero-order valence-corrected chi connectivity index (χ0v) is 18.9. The Morgan fingerprint density at radius 2 is 1.88 bits per heavy atom. The van der Waals surface area contributed by atoms with Crippen molar-refractivity contribution in [2.75, 3.05) is 26.8 Å². The molecule has 1 aliphatic carbocycles. The second-order valence-electron chi connectivity index (χ2n) is 8.18. The molecule has 34 heavy (non-hydrogen) atoms. The van der Waals surface area contributed by atoms with Crippen LogP contribution in [0.3, 0.4) is 0 Å². The Morgan fingerprint density at radius 3 is 2.50 bits per heavy atom. The lowest BCUT2D eigenvalue weighted by Gasteiger charge is -2.45. The highest BCUT2D eigenvalue weighted by atomic mass is 16.6. The average molecular weight is 454 g/mol. The molecule has 0 saturated heterocycles. The summed E-state index contributed by atoms with van der Waals surface area (Å²) < 4.78 is 10.7. The van der Waals surface area contributed by atoms with E-state index in [0.717, 1.165) is 16.3 Å². The van der Waals surface area contributed by atoms with Gasteiger partial charge in [0.2, 0.25) is 0 Å². The van der Waals surface area contributed by atoms with Gasteiger partial charge in [0.15, 0.2) is 5.41 Å². The summed E-state index contributed by atoms with van der Waals surface area (Å²) in [5, 5.41) is 32.2. The SMILES string of the molecule is CCOC(=O)N1CC=C2C(C#N)=C(N)C(C#N)(C#N)[C@H](c3ccc(OC)c4ccccc34)[C@@H]2C1. The van der Waals surface area contributed by atoms with Crippen LogP contribution >= 0.6 is 0 Å². The molecule has 2 aromatic rings. The zero-order valence-electron chi connectivity index (χ0n) is 18.9. The molecule has 8 nitrogen and oxygen atoms in total. The van der Waals surface area contributed by atoms with Gasteiger partial charge in [0.05, 0.1) is 37.1 Å². The highest BCUT2D eigenvalue weighted by molar-refractivity contribution is 5.92. The van der Waals surface area contributed by atoms with Gasteiger partial charge in [-0.1, -0.05) is 36.4 Å². The van der Waals surface area contributed by atoms with Crippen LogP contribution in [0.25, 0.3) is 10.8 Å². The van der Waals surface area contributed by atoms with Gasteiger partial charge in [-0.3, -0.25) is 0 Å². The van der Waals surface area contributed by atoms with E-state index in [1.165, 1.54) is 4.90 Å². The van der Waals surface area contributed by atoms with Crippen molar-refractivity contribution in [3.63, 3.8) is 0 Å². The molecular weight excluding hydrogens is 430 g/mol. The van der Waals surface area contributed by atoms with Crippen LogP contribution in [0.5, 0.6) is 5.75 Å². The number of rotatable bonds is 3. The fourth-order valence-corrected chi connectivity index (χ4v) is 5.13. The lowest BCUT2D eigenvalue weighted by atomic mass is 9.57. The standard InChI is InChI=1S/C26H23N5O3/c1-3-34-25(32)31-11-10-17-20(12-27)24(30)26(14-28,15-29)23(21(17)13-31)19-8-9-22(33-2)18-7-5-4-6-16(18)19/h4-10,21,23H,3,11,13,30H2,1-2H3/t21-,23-/m1/s1. The number of hydrogen-bond donors (Lipinski definition) is 1. The van der Waals surface area contributed by atoms with Crippen molar-refractivity contribution < 1.29 is 14.3 Å². The first-order chi connectivity index (χ1) is 16.5. The fraction of sp³-hybridized carbons (Fsp3) is 0.308. The molecule has 0 spiro atoms. The number of carbonyl (C=O) groups is 1. The molecule has 2 aliphatic rings. The van der Waals surface area contributed by atoms with E-state index in [0.29, 0.717) is 11.3 Å². The molecule has 2 N–H and O–H groups in total. The summed E-state index contributed by atoms with van der Waals surface area (Å²) >= 11 is 0. The first kappa shape index (κ1) is 22.7. The Hall–Kier alpha value is -4.48. The van der Waals surface area contributed by atoms with Crippen LogP contribution in [0.4, 0.5) is 4.79 Å². The van der Waals surface area contributed by atoms with Gasteiger partial charge in [-0.05, 0) is 29.5 Å². The lowest BCUT2D eigenvalue weighted by molar-refractivity contribution is 0.1000. The Morgan fingerprint density at radius 1 is 1.18 bits per heavy atom. The van der Waals surface area contributed by atoms with Crippen molar-refractivity contribution in [1.29, 1.82) is 15.8 Å². The number of carbonyl (C=O) groups excluding carboxylic acids is 1. The minimum atomic E-state index is -1.80. The van der Waals surface area contributed by atoms with Crippen LogP contribution in [0.1, 0.15) is 18.4 Å². The summed E-state index contributed by atoms with van der Waals surface area (Å²) in [4.78, 5) is 14.1. The maximum absolute atomic E-state index is 12.6. The Bertz CT molecular complexity index is 1340. The van der Waals surface area contributed by atoms with E-state index in [1.807, 2.05) is 30.3 Å². The van der Waals surface area contributed by atoms with Crippen LogP contribution in [0.15, 0.2) is 59.3 Å². The molecule has 0 bridgehead atoms. The molecule has 0 unspecified atom stereocenters. The molecule has 4 rings (SSSR count). The molecule has 0 fully saturated rings. The number of nitrogens with two attached hydrogens (primary N) is 1. The number of benzene rings is 2. The number of nitriles is 3. The van der Waals surface area contributed by atoms with Gasteiger partial charge in [0, 0.05) is 30.3 Å². The first-order valence-corrected chi connectivity index (χ1v) is 10.9. The number of ether oxygens (including phenoxy) is 2. The minimum Gasteiger partial charge on any atom is -0.496 e. The third-order valence-corrected chi connectivity index (χ3v) is 6.66. The zero-order chi connectivity index (χ0) is 24.5. The fourth-order valence-electron chi connectivity index (χ4n) is 5.13. The molecule has 0 aromatic heterocycles. The van der Waals surface area contributed by atoms with E-state index < -0.39 is 23.3 Å². The largest absolute Gasteiger partial charge is 0.496 e. The van der Waals surface area contributed by atoms with Gasteiger partial charge in [0.1, 0.15) is 11.8 Å². The third-order valence-electron chi connectivity index (χ3n) is 6.66. The maximum Gasteiger partial charge on any atom is 0.410 e. The number of nitrogens with zero attached hydrogens (tertiary/aromatic N) is 4. The number of amides is 1. The summed E-state index contributed by atoms with van der Waals surface area (Å²) in [6.07, 6.45) is 1.28. The smallest absolute Gasteiger partial charge is 0.410 e. The van der Waals surface area contributed by atoms with Gasteiger partial charge in [-0.15, -0.1) is 0 Å². The summed E-state index contributed by atoms with van der Waals surface area (Å²) in [5.74, 6) is -0.599. The summed E-state index contributed by atoms with van der Waals surface area (Å²) in [5.41, 5.74) is 6.04. The molecular formula is C26H23N5O3. The van der Waals surface area contributed by atoms with Gasteiger partial charge in [-0.2, -0.15) is 15.8 Å². The van der Waals surface area contributed by atoms with Crippen molar-refractivity contribution in [3.05, 3.63) is 64.9 Å². The predicted octanol–water partition coefficient (Wildman–Crippen LogP) is 3.73. The predicted molar refractivity (Wildman–Crippen MR) is 124 cm³/mol. The summed E-state index contributed by atoms with van der Waals surface area (Å²) in [6.45, 7) is 2.37. The minimum absolute atomic E-state index is 0.0583. The van der Waals surface area contributed by atoms with E-state index in [2.05, 4.69) is 18.2 Å². The van der Waals surface area contributed by atoms with Crippen LogP contribution < -0.4 is 10.5 Å². The summed E-state index contributed by atoms with van der Waals surface area (Å²) in [6, 6.07) is 17.6. The second kappa shape index (κ2) is 8.81. The number of hydrogen-bond acceptors (Lipinski definition) is 7. The van der Waals surface area contributed by atoms with Crippen molar-refractivity contribution in [3.8, 4) is 24.0 Å². The van der Waals surface area contributed by atoms with Crippen LogP contribution in [-0.4, -0.2) is 37.8 Å². The Labute approximate surface area is 197 Å².